The SMILES string of the molecule is c1ccc(C(c2ccccc2)c2cc3c4c(c2)N(c2ccccc2)c2cc5c(cc2B4Oc2ccccc2-3)B2Oc3ccccc3-c3cc(N(c4ccccc4)c4ccccc4)cc(c32)N5c2ccccc2)cc1. The second-order valence-electron chi connectivity index (χ2n) is 19.5. The van der Waals surface area contributed by atoms with E-state index in [2.05, 4.69) is 282 Å². The Morgan fingerprint density at radius 3 is 1.20 bits per heavy atom. The van der Waals surface area contributed by atoms with Crippen molar-refractivity contribution in [2.24, 2.45) is 0 Å². The number of benzene rings is 11. The predicted molar refractivity (Wildman–Crippen MR) is 306 cm³/mol. The maximum absolute atomic E-state index is 7.39. The lowest BCUT2D eigenvalue weighted by Gasteiger charge is -2.44. The van der Waals surface area contributed by atoms with Crippen molar-refractivity contribution in [2.75, 3.05) is 14.7 Å². The van der Waals surface area contributed by atoms with Crippen LogP contribution in [0.4, 0.5) is 51.2 Å². The van der Waals surface area contributed by atoms with E-state index >= 15 is 0 Å². The lowest BCUT2D eigenvalue weighted by atomic mass is 9.45. The Morgan fingerprint density at radius 1 is 0.311 bits per heavy atom. The van der Waals surface area contributed by atoms with Crippen LogP contribution in [0.2, 0.25) is 0 Å². The summed E-state index contributed by atoms with van der Waals surface area (Å²) in [6, 6.07) is 96.5. The van der Waals surface area contributed by atoms with Crippen LogP contribution in [0.3, 0.4) is 0 Å². The van der Waals surface area contributed by atoms with Crippen LogP contribution in [0.1, 0.15) is 22.6 Å². The van der Waals surface area contributed by atoms with E-state index in [1.165, 1.54) is 22.3 Å². The fourth-order valence-corrected chi connectivity index (χ4v) is 12.2. The maximum atomic E-state index is 7.39. The lowest BCUT2D eigenvalue weighted by molar-refractivity contribution is 0.589. The first-order chi connectivity index (χ1) is 36.7. The van der Waals surface area contributed by atoms with Gasteiger partial charge in [0.1, 0.15) is 11.5 Å². The Hall–Kier alpha value is -9.45. The highest BCUT2D eigenvalue weighted by Crippen LogP contribution is 2.50. The topological polar surface area (TPSA) is 28.2 Å². The minimum Gasteiger partial charge on any atom is -0.551 e. The van der Waals surface area contributed by atoms with E-state index in [0.29, 0.717) is 0 Å². The van der Waals surface area contributed by atoms with Crippen molar-refractivity contribution in [3.8, 4) is 33.8 Å². The summed E-state index contributed by atoms with van der Waals surface area (Å²) in [5.74, 6) is 1.70. The van der Waals surface area contributed by atoms with Crippen LogP contribution in [0.15, 0.2) is 267 Å². The van der Waals surface area contributed by atoms with Crippen molar-refractivity contribution in [1.29, 1.82) is 0 Å². The van der Waals surface area contributed by atoms with Crippen molar-refractivity contribution in [3.63, 3.8) is 0 Å². The maximum Gasteiger partial charge on any atom is 0.431 e. The van der Waals surface area contributed by atoms with Gasteiger partial charge in [-0.3, -0.25) is 0 Å². The first-order valence-electron chi connectivity index (χ1n) is 25.5. The molecule has 5 nitrogen and oxygen atoms in total. The van der Waals surface area contributed by atoms with Crippen LogP contribution in [-0.2, 0) is 0 Å². The average Bonchev–Trinajstić information content (AvgIpc) is 3.48. The van der Waals surface area contributed by atoms with E-state index in [0.717, 1.165) is 101 Å². The van der Waals surface area contributed by atoms with Gasteiger partial charge in [0.25, 0.3) is 0 Å². The number of hydrogen-bond donors (Lipinski definition) is 0. The molecule has 7 heteroatoms. The van der Waals surface area contributed by atoms with Crippen LogP contribution in [0.5, 0.6) is 11.5 Å². The van der Waals surface area contributed by atoms with E-state index in [-0.39, 0.29) is 5.92 Å². The minimum atomic E-state index is -0.423. The highest BCUT2D eigenvalue weighted by atomic mass is 16.4. The van der Waals surface area contributed by atoms with Gasteiger partial charge in [0.2, 0.25) is 0 Å². The Labute approximate surface area is 432 Å². The van der Waals surface area contributed by atoms with Crippen molar-refractivity contribution in [1.82, 2.24) is 0 Å². The zero-order valence-electron chi connectivity index (χ0n) is 40.3. The molecular formula is C67H45B2N3O2. The van der Waals surface area contributed by atoms with Gasteiger partial charge in [-0.15, -0.1) is 0 Å². The summed E-state index contributed by atoms with van der Waals surface area (Å²) in [6.45, 7) is -0.835. The van der Waals surface area contributed by atoms with Gasteiger partial charge in [-0.25, -0.2) is 0 Å². The molecule has 0 saturated heterocycles. The van der Waals surface area contributed by atoms with Crippen LogP contribution in [0.25, 0.3) is 22.3 Å². The Morgan fingerprint density at radius 2 is 0.716 bits per heavy atom. The highest BCUT2D eigenvalue weighted by Gasteiger charge is 2.48. The van der Waals surface area contributed by atoms with Gasteiger partial charge in [0.05, 0.1) is 0 Å². The van der Waals surface area contributed by atoms with E-state index in [1.54, 1.807) is 0 Å². The quantitative estimate of drug-likeness (QED) is 0.112. The third-order valence-electron chi connectivity index (χ3n) is 15.3. The van der Waals surface area contributed by atoms with Crippen molar-refractivity contribution in [2.45, 2.75) is 5.92 Å². The van der Waals surface area contributed by atoms with Crippen LogP contribution in [-0.4, -0.2) is 13.8 Å². The highest BCUT2D eigenvalue weighted by molar-refractivity contribution is 6.89. The average molecular weight is 946 g/mol. The molecule has 15 rings (SSSR count). The molecule has 4 heterocycles. The van der Waals surface area contributed by atoms with Crippen LogP contribution >= 0.6 is 0 Å². The molecule has 346 valence electrons. The molecular weight excluding hydrogens is 900 g/mol. The summed E-state index contributed by atoms with van der Waals surface area (Å²) in [7, 11) is 0. The van der Waals surface area contributed by atoms with Gasteiger partial charge in [0, 0.05) is 79.2 Å². The summed E-state index contributed by atoms with van der Waals surface area (Å²) in [4.78, 5) is 7.33. The molecule has 11 aromatic rings. The number of rotatable bonds is 8. The molecule has 74 heavy (non-hydrogen) atoms. The van der Waals surface area contributed by atoms with E-state index in [9.17, 15) is 0 Å². The molecule has 0 amide bonds. The monoisotopic (exact) mass is 945 g/mol. The van der Waals surface area contributed by atoms with E-state index in [1.807, 2.05) is 0 Å². The predicted octanol–water partition coefficient (Wildman–Crippen LogP) is 14.2. The molecule has 0 spiro atoms. The second kappa shape index (κ2) is 17.1. The number of anilines is 9. The number of hydrogen-bond acceptors (Lipinski definition) is 5. The van der Waals surface area contributed by atoms with Gasteiger partial charge < -0.3 is 24.0 Å². The molecule has 4 aliphatic rings. The fourth-order valence-electron chi connectivity index (χ4n) is 12.2. The molecule has 0 aromatic heterocycles. The number of fused-ring (bicyclic) bond motifs is 8. The minimum absolute atomic E-state index is 0.0268. The first-order valence-corrected chi connectivity index (χ1v) is 25.5. The van der Waals surface area contributed by atoms with Gasteiger partial charge >= 0.3 is 13.8 Å². The molecule has 0 aliphatic carbocycles. The van der Waals surface area contributed by atoms with Crippen molar-refractivity contribution in [3.05, 3.63) is 284 Å². The Kier molecular flexibility index (Phi) is 9.77. The molecule has 0 atom stereocenters. The summed E-state index contributed by atoms with van der Waals surface area (Å²) >= 11 is 0. The van der Waals surface area contributed by atoms with Crippen LogP contribution in [0, 0.1) is 0 Å². The number of nitrogens with zero attached hydrogens (tertiary/aromatic N) is 3. The molecule has 0 fully saturated rings. The van der Waals surface area contributed by atoms with Crippen LogP contribution < -0.4 is 45.9 Å². The normalized spacial score (nSPS) is 13.1. The van der Waals surface area contributed by atoms with E-state index < -0.39 is 13.8 Å². The number of para-hydroxylation sites is 6. The largest absolute Gasteiger partial charge is 0.551 e. The summed E-state index contributed by atoms with van der Waals surface area (Å²) in [5, 5.41) is 0. The second-order valence-corrected chi connectivity index (χ2v) is 19.5. The zero-order chi connectivity index (χ0) is 48.7. The third-order valence-corrected chi connectivity index (χ3v) is 15.3. The van der Waals surface area contributed by atoms with Crippen molar-refractivity contribution >= 4 is 86.9 Å². The zero-order valence-corrected chi connectivity index (χ0v) is 40.3. The molecule has 0 saturated carbocycles. The lowest BCUT2D eigenvalue weighted by Crippen LogP contribution is -2.61. The van der Waals surface area contributed by atoms with Gasteiger partial charge in [-0.1, -0.05) is 182 Å². The summed E-state index contributed by atoms with van der Waals surface area (Å²) < 4.78 is 14.8. The molecule has 4 aliphatic heterocycles. The standard InChI is InChI=1S/C67H45B2N3O2/c1-7-23-45(24-8-1)65(46-25-9-2-10-26-46)47-39-55-53-35-19-21-37-63(53)73-68-57-43-58-60(44-59(57)71(61(40-47)66(55)68)50-31-15-5-16-32-50)72(51-33-17-6-18-34-51)62-42-52(41-56-54-36-20-22-38-64(54)74-69(58)67(56)62)70(48-27-11-3-12-28-48)49-29-13-4-14-30-49/h1-44,65H. The van der Waals surface area contributed by atoms with Gasteiger partial charge in [-0.2, -0.15) is 0 Å². The summed E-state index contributed by atoms with van der Waals surface area (Å²) in [6.07, 6.45) is 0. The van der Waals surface area contributed by atoms with Gasteiger partial charge in [0.15, 0.2) is 0 Å². The molecule has 0 N–H and O–H groups in total. The molecule has 0 unspecified atom stereocenters. The Bertz CT molecular complexity index is 3610. The molecule has 0 bridgehead atoms. The summed E-state index contributed by atoms with van der Waals surface area (Å²) in [5.41, 5.74) is 22.2. The molecule has 0 radical (unpaired) electrons. The van der Waals surface area contributed by atoms with Gasteiger partial charge in [-0.05, 0) is 124 Å². The Balaban J connectivity index is 1.02. The van der Waals surface area contributed by atoms with E-state index in [4.69, 9.17) is 9.31 Å². The van der Waals surface area contributed by atoms with Crippen molar-refractivity contribution < 1.29 is 9.31 Å². The molecule has 11 aromatic carbocycles. The fraction of sp³-hybridized carbons (Fsp3) is 0.0149. The smallest absolute Gasteiger partial charge is 0.431 e. The first kappa shape index (κ1) is 42.3. The third kappa shape index (κ3) is 6.67.